The molecule has 1 aromatic heterocycles. The average Bonchev–Trinajstić information content (AvgIpc) is 2.93. The lowest BCUT2D eigenvalue weighted by molar-refractivity contribution is -0.132. The monoisotopic (exact) mass is 343 g/mol. The Balaban J connectivity index is 1.61. The summed E-state index contributed by atoms with van der Waals surface area (Å²) < 4.78 is 29.1. The molecular weight excluding hydrogens is 328 g/mol. The van der Waals surface area contributed by atoms with Gasteiger partial charge in [0.2, 0.25) is 5.91 Å². The van der Waals surface area contributed by atoms with E-state index in [0.717, 1.165) is 12.1 Å². The molecule has 0 spiro atoms. The Morgan fingerprint density at radius 2 is 1.80 bits per heavy atom. The topological polar surface area (TPSA) is 58.1 Å². The smallest absolute Gasteiger partial charge is 0.326 e. The minimum atomic E-state index is -0.516. The second-order valence-corrected chi connectivity index (χ2v) is 6.09. The third-order valence-corrected chi connectivity index (χ3v) is 4.63. The number of carbonyl (C=O) groups excluding carboxylic acids is 1. The highest BCUT2D eigenvalue weighted by atomic mass is 19.1. The summed E-state index contributed by atoms with van der Waals surface area (Å²) >= 11 is 0. The van der Waals surface area contributed by atoms with Crippen LogP contribution in [0.5, 0.6) is 0 Å². The van der Waals surface area contributed by atoms with Crippen LogP contribution < -0.4 is 5.69 Å². The van der Waals surface area contributed by atoms with Crippen molar-refractivity contribution in [3.63, 3.8) is 0 Å². The Morgan fingerprint density at radius 1 is 1.08 bits per heavy atom. The van der Waals surface area contributed by atoms with E-state index in [1.807, 2.05) is 0 Å². The van der Waals surface area contributed by atoms with Gasteiger partial charge in [0.05, 0.1) is 11.0 Å². The molecule has 0 saturated carbocycles. The number of amides is 1. The first-order chi connectivity index (χ1) is 12.0. The lowest BCUT2D eigenvalue weighted by atomic mass is 9.98. The first kappa shape index (κ1) is 15.6. The quantitative estimate of drug-likeness (QED) is 0.775. The van der Waals surface area contributed by atoms with Crippen LogP contribution in [-0.2, 0) is 24.3 Å². The SMILES string of the molecule is O=C(Cn1c(=O)[nH]c2ccccc21)N1CCc2c(F)ccc(F)c2C1. The van der Waals surface area contributed by atoms with Crippen LogP contribution in [0.2, 0.25) is 0 Å². The number of nitrogens with one attached hydrogen (secondary N) is 1. The number of hydrogen-bond donors (Lipinski definition) is 1. The molecule has 25 heavy (non-hydrogen) atoms. The van der Waals surface area contributed by atoms with E-state index in [2.05, 4.69) is 4.98 Å². The zero-order valence-corrected chi connectivity index (χ0v) is 13.3. The van der Waals surface area contributed by atoms with Gasteiger partial charge in [-0.2, -0.15) is 0 Å². The second kappa shape index (κ2) is 5.84. The average molecular weight is 343 g/mol. The van der Waals surface area contributed by atoms with Gasteiger partial charge in [-0.25, -0.2) is 13.6 Å². The summed E-state index contributed by atoms with van der Waals surface area (Å²) in [4.78, 5) is 28.8. The van der Waals surface area contributed by atoms with Crippen molar-refractivity contribution in [2.75, 3.05) is 6.54 Å². The van der Waals surface area contributed by atoms with Gasteiger partial charge < -0.3 is 9.88 Å². The van der Waals surface area contributed by atoms with Crippen LogP contribution in [0.25, 0.3) is 11.0 Å². The molecule has 7 heteroatoms. The highest BCUT2D eigenvalue weighted by Crippen LogP contribution is 2.24. The van der Waals surface area contributed by atoms with Crippen LogP contribution in [0.4, 0.5) is 8.78 Å². The van der Waals surface area contributed by atoms with E-state index in [4.69, 9.17) is 0 Å². The number of nitrogens with zero attached hydrogens (tertiary/aromatic N) is 2. The second-order valence-electron chi connectivity index (χ2n) is 6.09. The van der Waals surface area contributed by atoms with Crippen LogP contribution >= 0.6 is 0 Å². The largest absolute Gasteiger partial charge is 0.336 e. The molecular formula is C18H15F2N3O2. The number of fused-ring (bicyclic) bond motifs is 2. The molecule has 2 aromatic carbocycles. The molecule has 4 rings (SSSR count). The number of rotatable bonds is 2. The minimum Gasteiger partial charge on any atom is -0.336 e. The molecule has 1 amide bonds. The third-order valence-electron chi connectivity index (χ3n) is 4.63. The number of aromatic amines is 1. The number of aromatic nitrogens is 2. The Morgan fingerprint density at radius 3 is 2.60 bits per heavy atom. The first-order valence-corrected chi connectivity index (χ1v) is 7.95. The number of halogens is 2. The maximum Gasteiger partial charge on any atom is 0.326 e. The first-order valence-electron chi connectivity index (χ1n) is 7.95. The molecule has 1 aliphatic heterocycles. The van der Waals surface area contributed by atoms with Crippen LogP contribution in [0.15, 0.2) is 41.2 Å². The summed E-state index contributed by atoms with van der Waals surface area (Å²) in [6.45, 7) is 0.160. The lowest BCUT2D eigenvalue weighted by Crippen LogP contribution is -2.40. The molecule has 0 unspecified atom stereocenters. The maximum absolute atomic E-state index is 14.0. The van der Waals surface area contributed by atoms with Crippen LogP contribution in [0.1, 0.15) is 11.1 Å². The molecule has 0 bridgehead atoms. The Labute approximate surface area is 141 Å². The van der Waals surface area contributed by atoms with E-state index < -0.39 is 11.6 Å². The van der Waals surface area contributed by atoms with Gasteiger partial charge in [0.25, 0.3) is 0 Å². The molecule has 5 nitrogen and oxygen atoms in total. The molecule has 3 aromatic rings. The van der Waals surface area contributed by atoms with Crippen molar-refractivity contribution in [2.45, 2.75) is 19.5 Å². The van der Waals surface area contributed by atoms with Crippen LogP contribution in [0.3, 0.4) is 0 Å². The number of benzene rings is 2. The Bertz CT molecular complexity index is 1040. The number of carbonyl (C=O) groups is 1. The molecule has 0 aliphatic carbocycles. The van der Waals surface area contributed by atoms with Crippen molar-refractivity contribution in [1.29, 1.82) is 0 Å². The Kier molecular flexibility index (Phi) is 3.63. The predicted molar refractivity (Wildman–Crippen MR) is 88.0 cm³/mol. The third kappa shape index (κ3) is 2.61. The van der Waals surface area contributed by atoms with Crippen LogP contribution in [0, 0.1) is 11.6 Å². The fraction of sp³-hybridized carbons (Fsp3) is 0.222. The minimum absolute atomic E-state index is 0.00880. The van der Waals surface area contributed by atoms with Crippen molar-refractivity contribution in [3.05, 3.63) is 69.6 Å². The van der Waals surface area contributed by atoms with Crippen molar-refractivity contribution >= 4 is 16.9 Å². The zero-order chi connectivity index (χ0) is 17.6. The van der Waals surface area contributed by atoms with E-state index in [-0.39, 0.29) is 36.7 Å². The summed E-state index contributed by atoms with van der Waals surface area (Å²) in [6.07, 6.45) is 0.257. The molecule has 0 fully saturated rings. The van der Waals surface area contributed by atoms with E-state index in [9.17, 15) is 18.4 Å². The van der Waals surface area contributed by atoms with E-state index in [0.29, 0.717) is 23.1 Å². The van der Waals surface area contributed by atoms with Gasteiger partial charge >= 0.3 is 5.69 Å². The number of imidazole rings is 1. The number of H-pyrrole nitrogens is 1. The van der Waals surface area contributed by atoms with Gasteiger partial charge in [-0.3, -0.25) is 9.36 Å². The summed E-state index contributed by atoms with van der Waals surface area (Å²) in [5.41, 5.74) is 1.45. The van der Waals surface area contributed by atoms with Gasteiger partial charge in [0.15, 0.2) is 0 Å². The fourth-order valence-corrected chi connectivity index (χ4v) is 3.31. The van der Waals surface area contributed by atoms with Gasteiger partial charge in [-0.05, 0) is 36.2 Å². The highest BCUT2D eigenvalue weighted by molar-refractivity contribution is 5.80. The molecule has 2 heterocycles. The van der Waals surface area contributed by atoms with E-state index in [1.54, 1.807) is 24.3 Å². The number of para-hydroxylation sites is 2. The van der Waals surface area contributed by atoms with Gasteiger partial charge in [0.1, 0.15) is 18.2 Å². The van der Waals surface area contributed by atoms with Crippen molar-refractivity contribution in [3.8, 4) is 0 Å². The van der Waals surface area contributed by atoms with Crippen molar-refractivity contribution < 1.29 is 13.6 Å². The van der Waals surface area contributed by atoms with Crippen molar-refractivity contribution in [2.24, 2.45) is 0 Å². The van der Waals surface area contributed by atoms with Gasteiger partial charge in [-0.1, -0.05) is 12.1 Å². The number of hydrogen-bond acceptors (Lipinski definition) is 2. The summed E-state index contributed by atoms with van der Waals surface area (Å²) in [5.74, 6) is -1.27. The highest BCUT2D eigenvalue weighted by Gasteiger charge is 2.26. The normalized spacial score (nSPS) is 13.9. The molecule has 0 saturated heterocycles. The zero-order valence-electron chi connectivity index (χ0n) is 13.3. The van der Waals surface area contributed by atoms with Gasteiger partial charge in [-0.15, -0.1) is 0 Å². The van der Waals surface area contributed by atoms with Crippen molar-refractivity contribution in [1.82, 2.24) is 14.5 Å². The fourth-order valence-electron chi connectivity index (χ4n) is 3.31. The summed E-state index contributed by atoms with van der Waals surface area (Å²) in [7, 11) is 0. The lowest BCUT2D eigenvalue weighted by Gasteiger charge is -2.29. The Hall–Kier alpha value is -2.96. The predicted octanol–water partition coefficient (Wildman–Crippen LogP) is 2.19. The van der Waals surface area contributed by atoms with Gasteiger partial charge in [0, 0.05) is 18.7 Å². The molecule has 0 radical (unpaired) electrons. The molecule has 1 N–H and O–H groups in total. The van der Waals surface area contributed by atoms with Crippen LogP contribution in [-0.4, -0.2) is 26.9 Å². The van der Waals surface area contributed by atoms with E-state index in [1.165, 1.54) is 9.47 Å². The summed E-state index contributed by atoms with van der Waals surface area (Å²) in [5, 5.41) is 0. The molecule has 128 valence electrons. The maximum atomic E-state index is 14.0. The summed E-state index contributed by atoms with van der Waals surface area (Å²) in [6, 6.07) is 9.27. The standard InChI is InChI=1S/C18H15F2N3O2/c19-13-5-6-14(20)12-9-22(8-7-11(12)13)17(24)10-23-16-4-2-1-3-15(16)21-18(23)25/h1-6H,7-10H2,(H,21,25). The molecule has 0 atom stereocenters. The molecule has 1 aliphatic rings. The van der Waals surface area contributed by atoms with E-state index >= 15 is 0 Å².